The second-order valence-corrected chi connectivity index (χ2v) is 6.89. The van der Waals surface area contributed by atoms with E-state index in [0.29, 0.717) is 18.0 Å². The van der Waals surface area contributed by atoms with Crippen LogP contribution in [0.4, 0.5) is 4.39 Å². The number of nitrogens with one attached hydrogen (secondary N) is 1. The lowest BCUT2D eigenvalue weighted by molar-refractivity contribution is 0.173. The van der Waals surface area contributed by atoms with E-state index in [9.17, 15) is 4.39 Å². The van der Waals surface area contributed by atoms with E-state index in [4.69, 9.17) is 11.6 Å². The minimum Gasteiger partial charge on any atom is -0.316 e. The maximum atomic E-state index is 13.9. The first-order chi connectivity index (χ1) is 10.1. The van der Waals surface area contributed by atoms with Crippen molar-refractivity contribution in [3.8, 4) is 0 Å². The number of piperidine rings is 1. The molecule has 0 bridgehead atoms. The monoisotopic (exact) mass is 312 g/mol. The van der Waals surface area contributed by atoms with Gasteiger partial charge < -0.3 is 5.32 Å². The number of rotatable bonds is 6. The molecule has 1 fully saturated rings. The lowest BCUT2D eigenvalue weighted by atomic mass is 9.96. The first kappa shape index (κ1) is 16.7. The molecule has 1 saturated heterocycles. The number of benzene rings is 1. The van der Waals surface area contributed by atoms with Gasteiger partial charge in [-0.25, -0.2) is 4.39 Å². The predicted octanol–water partition coefficient (Wildman–Crippen LogP) is 3.94. The Hall–Kier alpha value is -0.640. The van der Waals surface area contributed by atoms with E-state index in [2.05, 4.69) is 24.1 Å². The fourth-order valence-corrected chi connectivity index (χ4v) is 3.03. The lowest BCUT2D eigenvalue weighted by Crippen LogP contribution is -2.37. The summed E-state index contributed by atoms with van der Waals surface area (Å²) >= 11 is 5.84. The van der Waals surface area contributed by atoms with Gasteiger partial charge >= 0.3 is 0 Å². The quantitative estimate of drug-likeness (QED) is 0.856. The van der Waals surface area contributed by atoms with Crippen molar-refractivity contribution in [1.29, 1.82) is 0 Å². The van der Waals surface area contributed by atoms with E-state index < -0.39 is 0 Å². The summed E-state index contributed by atoms with van der Waals surface area (Å²) in [5.74, 6) is 1.19. The van der Waals surface area contributed by atoms with Gasteiger partial charge in [-0.2, -0.15) is 0 Å². The van der Waals surface area contributed by atoms with Gasteiger partial charge in [0.05, 0.1) is 5.02 Å². The van der Waals surface area contributed by atoms with Crippen LogP contribution in [0.5, 0.6) is 0 Å². The highest BCUT2D eigenvalue weighted by molar-refractivity contribution is 6.30. The highest BCUT2D eigenvalue weighted by Crippen LogP contribution is 2.22. The minimum absolute atomic E-state index is 0.222. The van der Waals surface area contributed by atoms with E-state index >= 15 is 0 Å². The fraction of sp³-hybridized carbons (Fsp3) is 0.647. The largest absolute Gasteiger partial charge is 0.316 e. The Kier molecular flexibility index (Phi) is 6.46. The zero-order valence-electron chi connectivity index (χ0n) is 13.0. The Morgan fingerprint density at radius 1 is 1.33 bits per heavy atom. The Morgan fingerprint density at radius 3 is 2.71 bits per heavy atom. The summed E-state index contributed by atoms with van der Waals surface area (Å²) in [5.41, 5.74) is 0.707. The molecule has 0 spiro atoms. The van der Waals surface area contributed by atoms with Crippen molar-refractivity contribution in [1.82, 2.24) is 10.2 Å². The zero-order valence-corrected chi connectivity index (χ0v) is 13.8. The molecule has 1 aliphatic heterocycles. The smallest absolute Gasteiger partial charge is 0.146 e. The molecular weight excluding hydrogens is 287 g/mol. The second kappa shape index (κ2) is 8.11. The highest BCUT2D eigenvalue weighted by Gasteiger charge is 2.20. The fourth-order valence-electron chi connectivity index (χ4n) is 2.84. The van der Waals surface area contributed by atoms with Crippen LogP contribution in [0.15, 0.2) is 18.2 Å². The van der Waals surface area contributed by atoms with Crippen LogP contribution in [0.2, 0.25) is 5.02 Å². The van der Waals surface area contributed by atoms with Crippen LogP contribution in [0.1, 0.15) is 32.3 Å². The van der Waals surface area contributed by atoms with Crippen LogP contribution in [0, 0.1) is 17.7 Å². The molecule has 0 aromatic heterocycles. The molecule has 1 aliphatic rings. The average molecular weight is 313 g/mol. The Balaban J connectivity index is 1.75. The molecule has 0 amide bonds. The summed E-state index contributed by atoms with van der Waals surface area (Å²) in [6, 6.07) is 5.26. The second-order valence-electron chi connectivity index (χ2n) is 6.48. The molecule has 4 heteroatoms. The van der Waals surface area contributed by atoms with Gasteiger partial charge in [0.15, 0.2) is 0 Å². The Bertz CT molecular complexity index is 442. The predicted molar refractivity (Wildman–Crippen MR) is 87.1 cm³/mol. The molecule has 0 unspecified atom stereocenters. The van der Waals surface area contributed by atoms with Crippen LogP contribution < -0.4 is 5.32 Å². The summed E-state index contributed by atoms with van der Waals surface area (Å²) in [5, 5.41) is 3.76. The third-order valence-corrected chi connectivity index (χ3v) is 4.41. The molecule has 118 valence electrons. The van der Waals surface area contributed by atoms with E-state index in [-0.39, 0.29) is 10.8 Å². The molecule has 0 radical (unpaired) electrons. The molecule has 0 atom stereocenters. The zero-order chi connectivity index (χ0) is 15.2. The first-order valence-electron chi connectivity index (χ1n) is 7.92. The van der Waals surface area contributed by atoms with Gasteiger partial charge in [-0.15, -0.1) is 0 Å². The molecule has 2 nitrogen and oxygen atoms in total. The third kappa shape index (κ3) is 5.24. The van der Waals surface area contributed by atoms with Gasteiger partial charge in [0.25, 0.3) is 0 Å². The number of likely N-dealkylation sites (tertiary alicyclic amines) is 1. The maximum absolute atomic E-state index is 13.9. The van der Waals surface area contributed by atoms with Crippen molar-refractivity contribution in [2.45, 2.75) is 33.2 Å². The summed E-state index contributed by atoms with van der Waals surface area (Å²) in [6.45, 7) is 9.41. The Morgan fingerprint density at radius 2 is 2.05 bits per heavy atom. The molecule has 2 rings (SSSR count). The summed E-state index contributed by atoms with van der Waals surface area (Å²) in [7, 11) is 0. The molecule has 1 N–H and O–H groups in total. The van der Waals surface area contributed by atoms with Crippen LogP contribution in [0.3, 0.4) is 0 Å². The van der Waals surface area contributed by atoms with Gasteiger partial charge in [-0.3, -0.25) is 4.90 Å². The van der Waals surface area contributed by atoms with Crippen LogP contribution in [-0.2, 0) is 6.54 Å². The average Bonchev–Trinajstić information content (AvgIpc) is 2.45. The molecular formula is C17H26ClFN2. The number of halogens is 2. The SMILES string of the molecule is CC(C)CNCC1CCN(Cc2cccc(Cl)c2F)CC1. The number of hydrogen-bond acceptors (Lipinski definition) is 2. The third-order valence-electron chi connectivity index (χ3n) is 4.12. The molecule has 0 aliphatic carbocycles. The van der Waals surface area contributed by atoms with Gasteiger partial charge in [0.2, 0.25) is 0 Å². The minimum atomic E-state index is -0.264. The standard InChI is InChI=1S/C17H26ClFN2/c1-13(2)10-20-11-14-6-8-21(9-7-14)12-15-4-3-5-16(18)17(15)19/h3-5,13-14,20H,6-12H2,1-2H3. The van der Waals surface area contributed by atoms with Gasteiger partial charge in [0.1, 0.15) is 5.82 Å². The van der Waals surface area contributed by atoms with Crippen molar-refractivity contribution in [2.75, 3.05) is 26.2 Å². The number of hydrogen-bond donors (Lipinski definition) is 1. The van der Waals surface area contributed by atoms with E-state index in [1.54, 1.807) is 6.07 Å². The Labute approximate surface area is 132 Å². The first-order valence-corrected chi connectivity index (χ1v) is 8.30. The van der Waals surface area contributed by atoms with E-state index in [0.717, 1.165) is 32.1 Å². The van der Waals surface area contributed by atoms with E-state index in [1.165, 1.54) is 12.8 Å². The molecule has 0 saturated carbocycles. The van der Waals surface area contributed by atoms with Crippen molar-refractivity contribution in [3.05, 3.63) is 34.6 Å². The van der Waals surface area contributed by atoms with Crippen LogP contribution >= 0.6 is 11.6 Å². The van der Waals surface area contributed by atoms with Crippen LogP contribution in [-0.4, -0.2) is 31.1 Å². The summed E-state index contributed by atoms with van der Waals surface area (Å²) in [4.78, 5) is 2.33. The normalized spacial score (nSPS) is 17.6. The molecule has 1 aromatic carbocycles. The van der Waals surface area contributed by atoms with Gasteiger partial charge in [-0.05, 0) is 56.9 Å². The highest BCUT2D eigenvalue weighted by atomic mass is 35.5. The van der Waals surface area contributed by atoms with Gasteiger partial charge in [-0.1, -0.05) is 37.6 Å². The molecule has 1 aromatic rings. The molecule has 1 heterocycles. The van der Waals surface area contributed by atoms with Crippen molar-refractivity contribution in [3.63, 3.8) is 0 Å². The number of nitrogens with zero attached hydrogens (tertiary/aromatic N) is 1. The lowest BCUT2D eigenvalue weighted by Gasteiger charge is -2.32. The van der Waals surface area contributed by atoms with Crippen molar-refractivity contribution in [2.24, 2.45) is 11.8 Å². The summed E-state index contributed by atoms with van der Waals surface area (Å²) in [6.07, 6.45) is 2.38. The maximum Gasteiger partial charge on any atom is 0.146 e. The summed E-state index contributed by atoms with van der Waals surface area (Å²) < 4.78 is 13.9. The topological polar surface area (TPSA) is 15.3 Å². The van der Waals surface area contributed by atoms with Crippen LogP contribution in [0.25, 0.3) is 0 Å². The van der Waals surface area contributed by atoms with Crippen molar-refractivity contribution >= 4 is 11.6 Å². The van der Waals surface area contributed by atoms with E-state index in [1.807, 2.05) is 12.1 Å². The molecule has 21 heavy (non-hydrogen) atoms. The van der Waals surface area contributed by atoms with Gasteiger partial charge in [0, 0.05) is 12.1 Å². The van der Waals surface area contributed by atoms with Crippen molar-refractivity contribution < 1.29 is 4.39 Å².